The maximum absolute atomic E-state index is 15.4. The maximum Gasteiger partial charge on any atom is 0.417 e. The average molecular weight is 539 g/mol. The van der Waals surface area contributed by atoms with Gasteiger partial charge in [0.25, 0.3) is 5.56 Å². The van der Waals surface area contributed by atoms with E-state index in [1.54, 1.807) is 6.92 Å². The van der Waals surface area contributed by atoms with Crippen LogP contribution in [0, 0.1) is 23.4 Å². The van der Waals surface area contributed by atoms with Crippen LogP contribution in [0.25, 0.3) is 11.4 Å². The number of halogens is 6. The van der Waals surface area contributed by atoms with Crippen molar-refractivity contribution in [2.45, 2.75) is 51.6 Å². The molecule has 1 heterocycles. The maximum atomic E-state index is 15.4. The number of ether oxygens (including phenoxy) is 1. The van der Waals surface area contributed by atoms with Gasteiger partial charge in [-0.15, -0.1) is 0 Å². The number of carbonyl (C=O) groups excluding carboxylic acids is 1. The highest BCUT2D eigenvalue weighted by Gasteiger charge is 2.38. The van der Waals surface area contributed by atoms with Gasteiger partial charge in [-0.2, -0.15) is 13.2 Å². The molecule has 12 heteroatoms. The summed E-state index contributed by atoms with van der Waals surface area (Å²) < 4.78 is 88.8. The highest BCUT2D eigenvalue weighted by molar-refractivity contribution is 5.79. The fourth-order valence-corrected chi connectivity index (χ4v) is 4.14. The number of aromatic nitrogens is 2. The Bertz CT molecular complexity index is 1400. The molecule has 1 saturated carbocycles. The molecule has 4 rings (SSSR count). The molecule has 2 N–H and O–H groups in total. The van der Waals surface area contributed by atoms with Gasteiger partial charge < -0.3 is 15.0 Å². The summed E-state index contributed by atoms with van der Waals surface area (Å²) in [7, 11) is 0. The lowest BCUT2D eigenvalue weighted by Crippen LogP contribution is -2.42. The number of nitrogens with one attached hydrogen (secondary N) is 2. The van der Waals surface area contributed by atoms with Gasteiger partial charge in [-0.05, 0) is 31.4 Å². The van der Waals surface area contributed by atoms with E-state index >= 15 is 4.39 Å². The van der Waals surface area contributed by atoms with E-state index in [-0.39, 0.29) is 36.0 Å². The molecule has 0 spiro atoms. The number of amides is 1. The van der Waals surface area contributed by atoms with Crippen LogP contribution in [0.3, 0.4) is 0 Å². The van der Waals surface area contributed by atoms with Crippen molar-refractivity contribution in [1.29, 1.82) is 0 Å². The van der Waals surface area contributed by atoms with Crippen molar-refractivity contribution in [3.8, 4) is 11.4 Å². The quantitative estimate of drug-likeness (QED) is 0.393. The molecule has 0 saturated heterocycles. The summed E-state index contributed by atoms with van der Waals surface area (Å²) in [6.45, 7) is 1.08. The third-order valence-electron chi connectivity index (χ3n) is 6.35. The zero-order valence-corrected chi connectivity index (χ0v) is 20.1. The van der Waals surface area contributed by atoms with Gasteiger partial charge in [-0.3, -0.25) is 9.59 Å². The van der Waals surface area contributed by atoms with Crippen molar-refractivity contribution in [3.05, 3.63) is 86.6 Å². The Morgan fingerprint density at radius 1 is 1.11 bits per heavy atom. The summed E-state index contributed by atoms with van der Waals surface area (Å²) in [6, 6.07) is 6.44. The molecule has 1 amide bonds. The number of rotatable bonds is 8. The normalized spacial score (nSPS) is 17.2. The second kappa shape index (κ2) is 11.0. The van der Waals surface area contributed by atoms with Crippen molar-refractivity contribution in [3.63, 3.8) is 0 Å². The van der Waals surface area contributed by atoms with Crippen molar-refractivity contribution in [2.75, 3.05) is 0 Å². The number of hydrogen-bond acceptors (Lipinski definition) is 4. The average Bonchev–Trinajstić information content (AvgIpc) is 2.83. The zero-order valence-electron chi connectivity index (χ0n) is 20.1. The minimum absolute atomic E-state index is 0.0480. The first kappa shape index (κ1) is 27.4. The molecule has 3 aromatic rings. The van der Waals surface area contributed by atoms with Crippen LogP contribution in [0.5, 0.6) is 0 Å². The molecular formula is C26H23F6N3O3. The Morgan fingerprint density at radius 2 is 1.84 bits per heavy atom. The molecule has 0 bridgehead atoms. The number of aryl methyl sites for hydroxylation is 1. The van der Waals surface area contributed by atoms with Gasteiger partial charge >= 0.3 is 6.18 Å². The van der Waals surface area contributed by atoms with Gasteiger partial charge in [0.15, 0.2) is 11.6 Å². The fraction of sp³-hybridized carbons (Fsp3) is 0.346. The van der Waals surface area contributed by atoms with Gasteiger partial charge in [0.1, 0.15) is 11.6 Å². The van der Waals surface area contributed by atoms with Gasteiger partial charge in [0.05, 0.1) is 23.8 Å². The van der Waals surface area contributed by atoms with Crippen molar-refractivity contribution in [2.24, 2.45) is 5.92 Å². The van der Waals surface area contributed by atoms with Crippen LogP contribution in [0.15, 0.2) is 41.2 Å². The third-order valence-corrected chi connectivity index (χ3v) is 6.35. The molecule has 2 aromatic carbocycles. The molecule has 1 aliphatic rings. The molecule has 38 heavy (non-hydrogen) atoms. The molecule has 1 fully saturated rings. The number of benzene rings is 2. The van der Waals surface area contributed by atoms with E-state index in [9.17, 15) is 31.5 Å². The minimum atomic E-state index is -4.92. The molecular weight excluding hydrogens is 516 g/mol. The first-order chi connectivity index (χ1) is 18.0. The van der Waals surface area contributed by atoms with E-state index in [0.717, 1.165) is 18.2 Å². The highest BCUT2D eigenvalue weighted by atomic mass is 19.4. The van der Waals surface area contributed by atoms with Gasteiger partial charge in [0.2, 0.25) is 5.91 Å². The predicted octanol–water partition coefficient (Wildman–Crippen LogP) is 5.05. The number of aromatic amines is 1. The molecule has 0 unspecified atom stereocenters. The summed E-state index contributed by atoms with van der Waals surface area (Å²) in [5.74, 6) is -4.75. The standard InChI is InChI=1S/C26H23F6N3O3/c1-2-16-10-20(36)35-24(34-16)21-18(26(30,31)32)7-6-13(23(21)29)11-33-25(37)15-8-17(9-15)38-12-14-4-3-5-19(27)22(14)28/h3-7,10,15,17H,2,8-9,11-12H2,1H3,(H,33,37)(H,34,35,36)/t15-,17-. The van der Waals surface area contributed by atoms with Crippen LogP contribution in [0.4, 0.5) is 26.3 Å². The van der Waals surface area contributed by atoms with Crippen LogP contribution >= 0.6 is 0 Å². The Balaban J connectivity index is 1.42. The monoisotopic (exact) mass is 539 g/mol. The van der Waals surface area contributed by atoms with Crippen molar-refractivity contribution >= 4 is 5.91 Å². The largest absolute Gasteiger partial charge is 0.417 e. The van der Waals surface area contributed by atoms with E-state index in [1.165, 1.54) is 12.1 Å². The molecule has 1 aromatic heterocycles. The van der Waals surface area contributed by atoms with Crippen LogP contribution in [-0.2, 0) is 35.3 Å². The Kier molecular flexibility index (Phi) is 7.91. The fourth-order valence-electron chi connectivity index (χ4n) is 4.14. The van der Waals surface area contributed by atoms with Crippen molar-refractivity contribution < 1.29 is 35.9 Å². The molecule has 1 aliphatic carbocycles. The molecule has 202 valence electrons. The lowest BCUT2D eigenvalue weighted by Gasteiger charge is -2.34. The SMILES string of the molecule is CCc1cc(=O)[nH]c(-c2c(C(F)(F)F)ccc(CNC(=O)[C@H]3C[C@H](OCc4cccc(F)c4F)C3)c2F)n1. The first-order valence-corrected chi connectivity index (χ1v) is 11.8. The van der Waals surface area contributed by atoms with E-state index in [1.807, 2.05) is 0 Å². The Morgan fingerprint density at radius 3 is 2.53 bits per heavy atom. The molecule has 6 nitrogen and oxygen atoms in total. The summed E-state index contributed by atoms with van der Waals surface area (Å²) in [5.41, 5.74) is -2.92. The van der Waals surface area contributed by atoms with E-state index < -0.39 is 64.5 Å². The molecule has 0 atom stereocenters. The lowest BCUT2D eigenvalue weighted by molar-refractivity contribution is -0.137. The topological polar surface area (TPSA) is 84.1 Å². The van der Waals surface area contributed by atoms with Gasteiger partial charge in [-0.25, -0.2) is 18.2 Å². The van der Waals surface area contributed by atoms with Crippen LogP contribution in [-0.4, -0.2) is 22.0 Å². The van der Waals surface area contributed by atoms with E-state index in [2.05, 4.69) is 15.3 Å². The van der Waals surface area contributed by atoms with Gasteiger partial charge in [0, 0.05) is 35.3 Å². The predicted molar refractivity (Wildman–Crippen MR) is 124 cm³/mol. The van der Waals surface area contributed by atoms with Crippen LogP contribution in [0.2, 0.25) is 0 Å². The second-order valence-corrected chi connectivity index (χ2v) is 8.93. The lowest BCUT2D eigenvalue weighted by atomic mass is 9.81. The Labute approximate surface area is 213 Å². The smallest absolute Gasteiger partial charge is 0.373 e. The van der Waals surface area contributed by atoms with E-state index in [0.29, 0.717) is 18.9 Å². The second-order valence-electron chi connectivity index (χ2n) is 8.93. The summed E-state index contributed by atoms with van der Waals surface area (Å²) in [6.07, 6.45) is -4.46. The van der Waals surface area contributed by atoms with Crippen molar-refractivity contribution in [1.82, 2.24) is 15.3 Å². The number of H-pyrrole nitrogens is 1. The third kappa shape index (κ3) is 5.90. The summed E-state index contributed by atoms with van der Waals surface area (Å²) in [5, 5.41) is 2.51. The number of nitrogens with zero attached hydrogens (tertiary/aromatic N) is 1. The Hall–Kier alpha value is -3.67. The van der Waals surface area contributed by atoms with E-state index in [4.69, 9.17) is 4.74 Å². The minimum Gasteiger partial charge on any atom is -0.373 e. The van der Waals surface area contributed by atoms with Crippen LogP contribution in [0.1, 0.15) is 42.1 Å². The van der Waals surface area contributed by atoms with Gasteiger partial charge in [-0.1, -0.05) is 25.1 Å². The first-order valence-electron chi connectivity index (χ1n) is 11.8. The highest BCUT2D eigenvalue weighted by Crippen LogP contribution is 2.38. The summed E-state index contributed by atoms with van der Waals surface area (Å²) >= 11 is 0. The molecule has 0 radical (unpaired) electrons. The molecule has 0 aliphatic heterocycles. The summed E-state index contributed by atoms with van der Waals surface area (Å²) in [4.78, 5) is 30.5. The number of carbonyl (C=O) groups is 1. The number of alkyl halides is 3. The number of hydrogen-bond donors (Lipinski definition) is 2. The van der Waals surface area contributed by atoms with Crippen LogP contribution < -0.4 is 10.9 Å². The zero-order chi connectivity index (χ0) is 27.6.